The number of para-hydroxylation sites is 2. The summed E-state index contributed by atoms with van der Waals surface area (Å²) in [5.41, 5.74) is -1.14. The molecule has 148 valence electrons. The molecule has 0 fully saturated rings. The fourth-order valence-corrected chi connectivity index (χ4v) is 2.34. The first-order valence-corrected chi connectivity index (χ1v) is 8.51. The summed E-state index contributed by atoms with van der Waals surface area (Å²) in [5.74, 6) is 0.150. The number of hydrogen-bond acceptors (Lipinski definition) is 5. The van der Waals surface area contributed by atoms with Crippen LogP contribution in [0.1, 0.15) is 40.2 Å². The largest absolute Gasteiger partial charge is 0.489 e. The molecule has 0 bridgehead atoms. The monoisotopic (exact) mass is 383 g/mol. The second-order valence-corrected chi connectivity index (χ2v) is 7.30. The number of rotatable bonds is 5. The van der Waals surface area contributed by atoms with E-state index in [1.165, 1.54) is 11.9 Å². The SMILES string of the molecule is CC(C)Oc1ccccc1N(C)c1nc(OC(C)(C)C)ncc1C(F)(F)F. The lowest BCUT2D eigenvalue weighted by Gasteiger charge is -2.26. The average molecular weight is 383 g/mol. The fraction of sp³-hybridized carbons (Fsp3) is 0.474. The van der Waals surface area contributed by atoms with Crippen molar-refractivity contribution in [1.82, 2.24) is 9.97 Å². The predicted molar refractivity (Wildman–Crippen MR) is 97.7 cm³/mol. The van der Waals surface area contributed by atoms with Crippen molar-refractivity contribution < 1.29 is 22.6 Å². The summed E-state index contributed by atoms with van der Waals surface area (Å²) < 4.78 is 51.8. The normalized spacial score (nSPS) is 12.2. The van der Waals surface area contributed by atoms with E-state index in [9.17, 15) is 13.2 Å². The van der Waals surface area contributed by atoms with Gasteiger partial charge in [-0.3, -0.25) is 0 Å². The van der Waals surface area contributed by atoms with E-state index in [1.54, 1.807) is 45.0 Å². The number of alkyl halides is 3. The zero-order chi connectivity index (χ0) is 20.4. The molecule has 0 saturated heterocycles. The Morgan fingerprint density at radius 1 is 1.07 bits per heavy atom. The van der Waals surface area contributed by atoms with Crippen LogP contribution in [0.3, 0.4) is 0 Å². The molecular formula is C19H24F3N3O2. The number of nitrogens with zero attached hydrogens (tertiary/aromatic N) is 3. The van der Waals surface area contributed by atoms with Crippen molar-refractivity contribution in [2.24, 2.45) is 0 Å². The summed E-state index contributed by atoms with van der Waals surface area (Å²) in [6.45, 7) is 8.99. The van der Waals surface area contributed by atoms with E-state index in [0.717, 1.165) is 6.20 Å². The van der Waals surface area contributed by atoms with Crippen LogP contribution in [0.4, 0.5) is 24.7 Å². The van der Waals surface area contributed by atoms with Gasteiger partial charge in [0.1, 0.15) is 16.9 Å². The minimum atomic E-state index is -4.61. The first kappa shape index (κ1) is 20.8. The van der Waals surface area contributed by atoms with Gasteiger partial charge in [0.15, 0.2) is 5.82 Å². The van der Waals surface area contributed by atoms with Crippen LogP contribution in [0, 0.1) is 0 Å². The maximum absolute atomic E-state index is 13.5. The molecule has 5 nitrogen and oxygen atoms in total. The van der Waals surface area contributed by atoms with Gasteiger partial charge in [-0.05, 0) is 46.8 Å². The molecule has 0 aliphatic carbocycles. The smallest absolute Gasteiger partial charge is 0.421 e. The van der Waals surface area contributed by atoms with Crippen LogP contribution < -0.4 is 14.4 Å². The van der Waals surface area contributed by atoms with Gasteiger partial charge in [0, 0.05) is 13.2 Å². The second kappa shape index (κ2) is 7.62. The van der Waals surface area contributed by atoms with Crippen molar-refractivity contribution in [2.45, 2.75) is 52.5 Å². The van der Waals surface area contributed by atoms with E-state index < -0.39 is 17.3 Å². The summed E-state index contributed by atoms with van der Waals surface area (Å²) in [6, 6.07) is 6.73. The van der Waals surface area contributed by atoms with Crippen LogP contribution >= 0.6 is 0 Å². The molecule has 2 rings (SSSR count). The summed E-state index contributed by atoms with van der Waals surface area (Å²) in [6.07, 6.45) is -4.00. The quantitative estimate of drug-likeness (QED) is 0.708. The highest BCUT2D eigenvalue weighted by atomic mass is 19.4. The molecule has 27 heavy (non-hydrogen) atoms. The number of aromatic nitrogens is 2. The Kier molecular flexibility index (Phi) is 5.87. The van der Waals surface area contributed by atoms with Gasteiger partial charge in [-0.15, -0.1) is 0 Å². The van der Waals surface area contributed by atoms with E-state index >= 15 is 0 Å². The Morgan fingerprint density at radius 2 is 1.70 bits per heavy atom. The maximum atomic E-state index is 13.5. The number of ether oxygens (including phenoxy) is 2. The Morgan fingerprint density at radius 3 is 2.26 bits per heavy atom. The van der Waals surface area contributed by atoms with Gasteiger partial charge in [-0.25, -0.2) is 4.98 Å². The van der Waals surface area contributed by atoms with E-state index in [2.05, 4.69) is 9.97 Å². The first-order valence-electron chi connectivity index (χ1n) is 8.51. The minimum Gasteiger partial charge on any atom is -0.489 e. The molecule has 1 aromatic heterocycles. The topological polar surface area (TPSA) is 47.5 Å². The summed E-state index contributed by atoms with van der Waals surface area (Å²) in [4.78, 5) is 9.10. The summed E-state index contributed by atoms with van der Waals surface area (Å²) >= 11 is 0. The van der Waals surface area contributed by atoms with Crippen LogP contribution in [0.2, 0.25) is 0 Å². The third-order valence-corrected chi connectivity index (χ3v) is 3.36. The molecule has 0 amide bonds. The summed E-state index contributed by atoms with van der Waals surface area (Å²) in [5, 5.41) is 0. The van der Waals surface area contributed by atoms with Gasteiger partial charge in [0.25, 0.3) is 0 Å². The number of halogens is 3. The van der Waals surface area contributed by atoms with Crippen LogP contribution in [0.25, 0.3) is 0 Å². The number of hydrogen-bond donors (Lipinski definition) is 0. The molecule has 8 heteroatoms. The van der Waals surface area contributed by atoms with Gasteiger partial charge < -0.3 is 14.4 Å². The van der Waals surface area contributed by atoms with Gasteiger partial charge in [0.05, 0.1) is 11.8 Å². The Bertz CT molecular complexity index is 786. The molecule has 0 N–H and O–H groups in total. The third-order valence-electron chi connectivity index (χ3n) is 3.36. The molecule has 0 spiro atoms. The highest BCUT2D eigenvalue weighted by molar-refractivity contribution is 5.68. The Balaban J connectivity index is 2.56. The van der Waals surface area contributed by atoms with E-state index in [-0.39, 0.29) is 17.9 Å². The zero-order valence-electron chi connectivity index (χ0n) is 16.3. The van der Waals surface area contributed by atoms with Crippen LogP contribution in [-0.2, 0) is 6.18 Å². The van der Waals surface area contributed by atoms with Gasteiger partial charge in [-0.1, -0.05) is 12.1 Å². The molecule has 1 aromatic carbocycles. The number of anilines is 2. The maximum Gasteiger partial charge on any atom is 0.421 e. The number of benzene rings is 1. The van der Waals surface area contributed by atoms with E-state index in [0.29, 0.717) is 11.4 Å². The van der Waals surface area contributed by atoms with Crippen molar-refractivity contribution in [2.75, 3.05) is 11.9 Å². The van der Waals surface area contributed by atoms with Crippen LogP contribution in [-0.4, -0.2) is 28.7 Å². The molecule has 0 radical (unpaired) electrons. The van der Waals surface area contributed by atoms with E-state index in [4.69, 9.17) is 9.47 Å². The van der Waals surface area contributed by atoms with Crippen molar-refractivity contribution in [1.29, 1.82) is 0 Å². The summed E-state index contributed by atoms with van der Waals surface area (Å²) in [7, 11) is 1.50. The average Bonchev–Trinajstić information content (AvgIpc) is 2.51. The van der Waals surface area contributed by atoms with Crippen molar-refractivity contribution >= 4 is 11.5 Å². The molecule has 0 aliphatic heterocycles. The van der Waals surface area contributed by atoms with Crippen molar-refractivity contribution in [3.63, 3.8) is 0 Å². The van der Waals surface area contributed by atoms with Crippen molar-refractivity contribution in [3.05, 3.63) is 36.0 Å². The highest BCUT2D eigenvalue weighted by Gasteiger charge is 2.37. The zero-order valence-corrected chi connectivity index (χ0v) is 16.3. The highest BCUT2D eigenvalue weighted by Crippen LogP contribution is 2.40. The second-order valence-electron chi connectivity index (χ2n) is 7.30. The predicted octanol–water partition coefficient (Wildman–Crippen LogP) is 5.23. The lowest BCUT2D eigenvalue weighted by Crippen LogP contribution is -2.26. The van der Waals surface area contributed by atoms with Gasteiger partial charge in [0.2, 0.25) is 0 Å². The van der Waals surface area contributed by atoms with Gasteiger partial charge in [-0.2, -0.15) is 18.2 Å². The van der Waals surface area contributed by atoms with Crippen LogP contribution in [0.15, 0.2) is 30.5 Å². The van der Waals surface area contributed by atoms with E-state index in [1.807, 2.05) is 13.8 Å². The molecule has 0 unspecified atom stereocenters. The Hall–Kier alpha value is -2.51. The molecule has 0 aliphatic rings. The standard InChI is InChI=1S/C19H24F3N3O2/c1-12(2)26-15-10-8-7-9-14(15)25(6)16-13(19(20,21)22)11-23-17(24-16)27-18(3,4)5/h7-12H,1-6H3. The first-order chi connectivity index (χ1) is 12.4. The Labute approximate surface area is 157 Å². The molecule has 0 atom stereocenters. The lowest BCUT2D eigenvalue weighted by atomic mass is 10.2. The van der Waals surface area contributed by atoms with Crippen LogP contribution in [0.5, 0.6) is 11.8 Å². The molecule has 2 aromatic rings. The lowest BCUT2D eigenvalue weighted by molar-refractivity contribution is -0.137. The molecule has 0 saturated carbocycles. The molecular weight excluding hydrogens is 359 g/mol. The molecule has 1 heterocycles. The van der Waals surface area contributed by atoms with Crippen molar-refractivity contribution in [3.8, 4) is 11.8 Å². The fourth-order valence-electron chi connectivity index (χ4n) is 2.34. The minimum absolute atomic E-state index is 0.125. The third kappa shape index (κ3) is 5.48. The van der Waals surface area contributed by atoms with Gasteiger partial charge >= 0.3 is 12.2 Å².